The number of amides is 1. The van der Waals surface area contributed by atoms with E-state index in [-0.39, 0.29) is 24.6 Å². The maximum atomic E-state index is 14.1. The second-order valence-electron chi connectivity index (χ2n) is 6.32. The summed E-state index contributed by atoms with van der Waals surface area (Å²) < 4.78 is 17.0. The topological polar surface area (TPSA) is 115 Å². The molecule has 0 aromatic carbocycles. The van der Waals surface area contributed by atoms with Crippen molar-refractivity contribution in [2.45, 2.75) is 39.2 Å². The van der Waals surface area contributed by atoms with Crippen molar-refractivity contribution in [2.24, 2.45) is 0 Å². The molecule has 1 unspecified atom stereocenters. The van der Waals surface area contributed by atoms with Crippen LogP contribution in [0.4, 0.5) is 10.2 Å². The van der Waals surface area contributed by atoms with Gasteiger partial charge in [-0.2, -0.15) is 0 Å². The van der Waals surface area contributed by atoms with Crippen molar-refractivity contribution in [1.82, 2.24) is 40.3 Å². The van der Waals surface area contributed by atoms with Gasteiger partial charge in [-0.3, -0.25) is 14.5 Å². The molecule has 11 heteroatoms. The lowest BCUT2D eigenvalue weighted by atomic mass is 10.2. The molecule has 0 aliphatic heterocycles. The molecule has 0 fully saturated rings. The minimum atomic E-state index is -1.12. The van der Waals surface area contributed by atoms with Crippen molar-refractivity contribution in [3.05, 3.63) is 47.7 Å². The molecule has 3 aromatic heterocycles. The van der Waals surface area contributed by atoms with Crippen LogP contribution in [0.5, 0.6) is 0 Å². The van der Waals surface area contributed by atoms with Crippen molar-refractivity contribution in [1.29, 1.82) is 0 Å². The summed E-state index contributed by atoms with van der Waals surface area (Å²) in [6.45, 7) is 2.64. The molecule has 1 atom stereocenters. The van der Waals surface area contributed by atoms with Crippen LogP contribution in [0.1, 0.15) is 28.2 Å². The first-order valence-corrected chi connectivity index (χ1v) is 8.85. The first kappa shape index (κ1) is 19.4. The summed E-state index contributed by atoms with van der Waals surface area (Å²) in [5.74, 6) is 0.242. The Morgan fingerprint density at radius 1 is 1.21 bits per heavy atom. The maximum absolute atomic E-state index is 14.1. The second kappa shape index (κ2) is 9.02. The van der Waals surface area contributed by atoms with Gasteiger partial charge in [-0.05, 0) is 18.6 Å². The molecule has 0 saturated carbocycles. The van der Waals surface area contributed by atoms with Crippen LogP contribution in [0.3, 0.4) is 0 Å². The van der Waals surface area contributed by atoms with E-state index in [1.54, 1.807) is 19.4 Å². The Hall–Kier alpha value is -3.37. The summed E-state index contributed by atoms with van der Waals surface area (Å²) >= 11 is 0. The number of carbonyl (C=O) groups excluding carboxylic acids is 1. The Labute approximate surface area is 161 Å². The van der Waals surface area contributed by atoms with E-state index in [1.165, 1.54) is 15.6 Å². The summed E-state index contributed by atoms with van der Waals surface area (Å²) in [5, 5.41) is 21.0. The minimum Gasteiger partial charge on any atom is -0.370 e. The number of anilines is 1. The van der Waals surface area contributed by atoms with Crippen LogP contribution < -0.4 is 10.6 Å². The lowest BCUT2D eigenvalue weighted by Crippen LogP contribution is -2.23. The predicted molar refractivity (Wildman–Crippen MR) is 99.2 cm³/mol. The zero-order valence-electron chi connectivity index (χ0n) is 15.7. The highest BCUT2D eigenvalue weighted by molar-refractivity contribution is 5.91. The van der Waals surface area contributed by atoms with Crippen LogP contribution in [-0.2, 0) is 19.6 Å². The van der Waals surface area contributed by atoms with E-state index in [0.29, 0.717) is 18.9 Å². The van der Waals surface area contributed by atoms with E-state index in [0.717, 1.165) is 11.3 Å². The third-order valence-corrected chi connectivity index (χ3v) is 4.05. The van der Waals surface area contributed by atoms with E-state index in [4.69, 9.17) is 0 Å². The number of carbonyl (C=O) groups is 1. The lowest BCUT2D eigenvalue weighted by Gasteiger charge is -2.07. The number of nitrogens with zero attached hydrogens (tertiary/aromatic N) is 7. The van der Waals surface area contributed by atoms with Crippen LogP contribution in [0.15, 0.2) is 30.7 Å². The fourth-order valence-corrected chi connectivity index (χ4v) is 2.46. The van der Waals surface area contributed by atoms with Gasteiger partial charge in [-0.25, -0.2) is 9.07 Å². The number of alkyl halides is 1. The number of aromatic nitrogens is 7. The summed E-state index contributed by atoms with van der Waals surface area (Å²) in [5.41, 5.74) is 1.99. The number of pyridine rings is 1. The number of nitrogens with one attached hydrogen (secondary N) is 2. The average Bonchev–Trinajstić information content (AvgIpc) is 3.35. The predicted octanol–water partition coefficient (Wildman–Crippen LogP) is 0.973. The van der Waals surface area contributed by atoms with Gasteiger partial charge in [-0.15, -0.1) is 10.2 Å². The molecule has 0 radical (unpaired) electrons. The van der Waals surface area contributed by atoms with E-state index < -0.39 is 6.17 Å². The average molecular weight is 387 g/mol. The molecule has 3 rings (SSSR count). The summed E-state index contributed by atoms with van der Waals surface area (Å²) in [4.78, 5) is 16.3. The zero-order chi connectivity index (χ0) is 19.9. The Kier molecular flexibility index (Phi) is 6.25. The van der Waals surface area contributed by atoms with Crippen LogP contribution in [0.2, 0.25) is 0 Å². The Balaban J connectivity index is 1.45. The Bertz CT molecular complexity index is 906. The molecule has 0 aliphatic carbocycles. The van der Waals surface area contributed by atoms with Crippen molar-refractivity contribution >= 4 is 11.7 Å². The summed E-state index contributed by atoms with van der Waals surface area (Å²) in [6, 6.07) is 3.78. The number of aryl methyl sites for hydroxylation is 2. The maximum Gasteiger partial charge on any atom is 0.273 e. The fraction of sp³-hybridized carbons (Fsp3) is 0.412. The van der Waals surface area contributed by atoms with E-state index in [9.17, 15) is 9.18 Å². The van der Waals surface area contributed by atoms with Gasteiger partial charge in [0, 0.05) is 38.4 Å². The van der Waals surface area contributed by atoms with Crippen LogP contribution in [0, 0.1) is 6.92 Å². The molecular formula is C17H22FN9O. The molecule has 2 N–H and O–H groups in total. The molecule has 3 heterocycles. The van der Waals surface area contributed by atoms with Gasteiger partial charge in [0.05, 0.1) is 18.9 Å². The van der Waals surface area contributed by atoms with Crippen molar-refractivity contribution in [3.63, 3.8) is 0 Å². The minimum absolute atomic E-state index is 0.0985. The van der Waals surface area contributed by atoms with Gasteiger partial charge in [0.2, 0.25) is 0 Å². The number of hydrogen-bond donors (Lipinski definition) is 2. The summed E-state index contributed by atoms with van der Waals surface area (Å²) in [7, 11) is 1.72. The van der Waals surface area contributed by atoms with Crippen molar-refractivity contribution < 1.29 is 9.18 Å². The van der Waals surface area contributed by atoms with E-state index >= 15 is 0 Å². The molecule has 3 aromatic rings. The van der Waals surface area contributed by atoms with E-state index in [1.807, 2.05) is 19.1 Å². The smallest absolute Gasteiger partial charge is 0.273 e. The SMILES string of the molecule is CNc1cn(CC(F)CCn2cc(C(=O)NCc3ccc(C)nc3)nn2)nn1. The first-order valence-electron chi connectivity index (χ1n) is 8.85. The van der Waals surface area contributed by atoms with Gasteiger partial charge in [0.1, 0.15) is 6.17 Å². The first-order chi connectivity index (χ1) is 13.5. The molecular weight excluding hydrogens is 365 g/mol. The third-order valence-electron chi connectivity index (χ3n) is 4.05. The quantitative estimate of drug-likeness (QED) is 0.562. The number of halogens is 1. The van der Waals surface area contributed by atoms with E-state index in [2.05, 4.69) is 36.2 Å². The molecule has 0 saturated heterocycles. The highest BCUT2D eigenvalue weighted by Crippen LogP contribution is 2.07. The Morgan fingerprint density at radius 2 is 2.04 bits per heavy atom. The standard InChI is InChI=1S/C17H22FN9O/c1-12-3-4-13(7-20-12)8-21-17(28)15-10-26(24-22-15)6-5-14(18)9-27-11-16(19-2)23-25-27/h3-4,7,10-11,14,19H,5-6,8-9H2,1-2H3,(H,21,28). The van der Waals surface area contributed by atoms with Crippen LogP contribution in [-0.4, -0.2) is 54.1 Å². The Morgan fingerprint density at radius 3 is 2.75 bits per heavy atom. The molecule has 1 amide bonds. The van der Waals surface area contributed by atoms with Crippen molar-refractivity contribution in [3.8, 4) is 0 Å². The summed E-state index contributed by atoms with van der Waals surface area (Å²) in [6.07, 6.45) is 3.94. The van der Waals surface area contributed by atoms with Gasteiger partial charge >= 0.3 is 0 Å². The monoisotopic (exact) mass is 387 g/mol. The molecule has 28 heavy (non-hydrogen) atoms. The van der Waals surface area contributed by atoms with Gasteiger partial charge in [0.25, 0.3) is 5.91 Å². The molecule has 0 aliphatic rings. The largest absolute Gasteiger partial charge is 0.370 e. The lowest BCUT2D eigenvalue weighted by molar-refractivity contribution is 0.0946. The van der Waals surface area contributed by atoms with Crippen LogP contribution >= 0.6 is 0 Å². The van der Waals surface area contributed by atoms with Crippen LogP contribution in [0.25, 0.3) is 0 Å². The molecule has 148 valence electrons. The van der Waals surface area contributed by atoms with Gasteiger partial charge < -0.3 is 10.6 Å². The highest BCUT2D eigenvalue weighted by Gasteiger charge is 2.13. The van der Waals surface area contributed by atoms with Gasteiger partial charge in [0.15, 0.2) is 11.5 Å². The highest BCUT2D eigenvalue weighted by atomic mass is 19.1. The zero-order valence-corrected chi connectivity index (χ0v) is 15.7. The molecule has 10 nitrogen and oxygen atoms in total. The third kappa shape index (κ3) is 5.32. The van der Waals surface area contributed by atoms with Gasteiger partial charge in [-0.1, -0.05) is 16.5 Å². The van der Waals surface area contributed by atoms with Crippen molar-refractivity contribution in [2.75, 3.05) is 12.4 Å². The number of hydrogen-bond acceptors (Lipinski definition) is 7. The second-order valence-corrected chi connectivity index (χ2v) is 6.32. The normalized spacial score (nSPS) is 12.0. The fourth-order valence-electron chi connectivity index (χ4n) is 2.46. The molecule has 0 bridgehead atoms. The molecule has 0 spiro atoms. The number of rotatable bonds is 9.